The van der Waals surface area contributed by atoms with E-state index in [1.807, 2.05) is 24.3 Å². The Kier molecular flexibility index (Phi) is 10.3. The van der Waals surface area contributed by atoms with E-state index in [1.165, 1.54) is 17.4 Å². The smallest absolute Gasteiger partial charge is 0.326 e. The van der Waals surface area contributed by atoms with Gasteiger partial charge >= 0.3 is 5.97 Å². The second kappa shape index (κ2) is 14.3. The highest BCUT2D eigenvalue weighted by atomic mass is 16.4. The monoisotopic (exact) mass is 594 g/mol. The van der Waals surface area contributed by atoms with Gasteiger partial charge in [-0.15, -0.1) is 0 Å². The van der Waals surface area contributed by atoms with Gasteiger partial charge < -0.3 is 47.8 Å². The lowest BCUT2D eigenvalue weighted by atomic mass is 10.0. The molecular formula is C28H38N10O5. The number of aromatic nitrogens is 3. The molecule has 1 aromatic carbocycles. The van der Waals surface area contributed by atoms with Gasteiger partial charge in [-0.05, 0) is 43.7 Å². The number of aliphatic imine (C=N–C) groups is 1. The summed E-state index contributed by atoms with van der Waals surface area (Å²) >= 11 is 0. The fourth-order valence-corrected chi connectivity index (χ4v) is 5.26. The molecule has 0 unspecified atom stereocenters. The minimum atomic E-state index is -1.11. The first-order chi connectivity index (χ1) is 20.6. The van der Waals surface area contributed by atoms with Gasteiger partial charge in [0.2, 0.25) is 17.7 Å². The zero-order valence-electron chi connectivity index (χ0n) is 23.7. The number of fused-ring (bicyclic) bond motifs is 1. The number of hydrogen-bond donors (Lipinski definition) is 8. The molecule has 0 radical (unpaired) electrons. The first-order valence-corrected chi connectivity index (χ1v) is 14.1. The first-order valence-electron chi connectivity index (χ1n) is 14.1. The third kappa shape index (κ3) is 8.09. The second-order valence-electron chi connectivity index (χ2n) is 10.6. The molecule has 1 aliphatic rings. The van der Waals surface area contributed by atoms with Crippen LogP contribution in [0.5, 0.6) is 0 Å². The van der Waals surface area contributed by atoms with Crippen molar-refractivity contribution in [2.75, 3.05) is 13.1 Å². The molecule has 0 saturated carbocycles. The maximum atomic E-state index is 13.6. The van der Waals surface area contributed by atoms with Crippen LogP contribution in [0, 0.1) is 0 Å². The standard InChI is InChI=1S/C28H38N10O5/c29-19(11-16-13-34-20-6-2-1-5-18(16)20)24(39)36-21(7-3-9-33-28(30)31)25(40)37-22(12-17-14-32-15-35-17)26(41)38-10-4-8-23(38)27(42)43/h1-2,5-6,13-15,19,21-23,34H,3-4,7-12,29H2,(H,32,35)(H,36,39)(H,37,40)(H,42,43)(H4,30,31,33)/t19-,21-,22-,23-/m0/s1. The van der Waals surface area contributed by atoms with Crippen LogP contribution in [0.2, 0.25) is 0 Å². The number of likely N-dealkylation sites (tertiary alicyclic amines) is 1. The highest BCUT2D eigenvalue weighted by Gasteiger charge is 2.38. The SMILES string of the molecule is NC(N)=NCCC[C@H](NC(=O)[C@@H](N)Cc1c[nH]c2ccccc12)C(=O)N[C@@H](Cc1cnc[nH]1)C(=O)N1CCC[C@H]1C(=O)O. The van der Waals surface area contributed by atoms with Crippen molar-refractivity contribution in [3.8, 4) is 0 Å². The largest absolute Gasteiger partial charge is 0.480 e. The van der Waals surface area contributed by atoms with E-state index in [1.54, 1.807) is 6.20 Å². The molecule has 1 saturated heterocycles. The van der Waals surface area contributed by atoms with E-state index in [4.69, 9.17) is 17.2 Å². The van der Waals surface area contributed by atoms with E-state index in [9.17, 15) is 24.3 Å². The molecule has 3 aromatic rings. The van der Waals surface area contributed by atoms with Crippen LogP contribution in [0.15, 0.2) is 48.0 Å². The highest BCUT2D eigenvalue weighted by molar-refractivity contribution is 5.94. The van der Waals surface area contributed by atoms with Crippen LogP contribution in [0.1, 0.15) is 36.9 Å². The number of para-hydroxylation sites is 1. The normalized spacial score (nSPS) is 16.8. The lowest BCUT2D eigenvalue weighted by Gasteiger charge is -2.29. The van der Waals surface area contributed by atoms with E-state index >= 15 is 0 Å². The average molecular weight is 595 g/mol. The number of carboxylic acids is 1. The zero-order chi connectivity index (χ0) is 30.9. The number of benzene rings is 1. The molecule has 0 aliphatic carbocycles. The number of rotatable bonds is 14. The molecule has 15 heteroatoms. The number of aliphatic carboxylic acids is 1. The van der Waals surface area contributed by atoms with Crippen molar-refractivity contribution in [1.29, 1.82) is 0 Å². The number of guanidine groups is 1. The van der Waals surface area contributed by atoms with Gasteiger partial charge in [0.25, 0.3) is 0 Å². The van der Waals surface area contributed by atoms with E-state index in [0.29, 0.717) is 25.0 Å². The number of imidazole rings is 1. The van der Waals surface area contributed by atoms with Crippen molar-refractivity contribution in [2.24, 2.45) is 22.2 Å². The Balaban J connectivity index is 1.49. The summed E-state index contributed by atoms with van der Waals surface area (Å²) in [5.41, 5.74) is 19.4. The third-order valence-corrected chi connectivity index (χ3v) is 7.44. The van der Waals surface area contributed by atoms with Gasteiger partial charge in [0.15, 0.2) is 5.96 Å². The molecule has 0 bridgehead atoms. The predicted molar refractivity (Wildman–Crippen MR) is 158 cm³/mol. The molecule has 1 aliphatic heterocycles. The molecule has 15 nitrogen and oxygen atoms in total. The van der Waals surface area contributed by atoms with Crippen LogP contribution in [-0.4, -0.2) is 91.9 Å². The topological polar surface area (TPSA) is 251 Å². The number of aromatic amines is 2. The Morgan fingerprint density at radius 2 is 1.86 bits per heavy atom. The molecule has 4 rings (SSSR count). The quantitative estimate of drug-likeness (QED) is 0.0653. The van der Waals surface area contributed by atoms with Crippen LogP contribution in [0.3, 0.4) is 0 Å². The molecule has 230 valence electrons. The zero-order valence-corrected chi connectivity index (χ0v) is 23.7. The van der Waals surface area contributed by atoms with Gasteiger partial charge in [0, 0.05) is 48.5 Å². The fraction of sp³-hybridized carbons (Fsp3) is 0.429. The second-order valence-corrected chi connectivity index (χ2v) is 10.6. The van der Waals surface area contributed by atoms with E-state index < -0.39 is 47.9 Å². The third-order valence-electron chi connectivity index (χ3n) is 7.44. The van der Waals surface area contributed by atoms with E-state index in [2.05, 4.69) is 30.6 Å². The highest BCUT2D eigenvalue weighted by Crippen LogP contribution is 2.20. The van der Waals surface area contributed by atoms with Crippen LogP contribution in [0.4, 0.5) is 0 Å². The molecule has 0 spiro atoms. The summed E-state index contributed by atoms with van der Waals surface area (Å²) in [4.78, 5) is 67.4. The molecule has 3 heterocycles. The number of amides is 3. The van der Waals surface area contributed by atoms with Crippen LogP contribution in [0.25, 0.3) is 10.9 Å². The lowest BCUT2D eigenvalue weighted by molar-refractivity contribution is -0.149. The number of H-pyrrole nitrogens is 2. The number of nitrogens with zero attached hydrogens (tertiary/aromatic N) is 3. The Morgan fingerprint density at radius 3 is 2.58 bits per heavy atom. The molecule has 3 amide bonds. The molecule has 4 atom stereocenters. The van der Waals surface area contributed by atoms with Crippen molar-refractivity contribution < 1.29 is 24.3 Å². The van der Waals surface area contributed by atoms with E-state index in [0.717, 1.165) is 16.5 Å². The van der Waals surface area contributed by atoms with E-state index in [-0.39, 0.29) is 38.3 Å². The van der Waals surface area contributed by atoms with Crippen LogP contribution in [-0.2, 0) is 32.0 Å². The summed E-state index contributed by atoms with van der Waals surface area (Å²) in [7, 11) is 0. The summed E-state index contributed by atoms with van der Waals surface area (Å²) in [6, 6.07) is 3.52. The number of carbonyl (C=O) groups is 4. The number of hydrogen-bond acceptors (Lipinski definition) is 7. The maximum absolute atomic E-state index is 13.6. The molecular weight excluding hydrogens is 556 g/mol. The minimum absolute atomic E-state index is 0.0438. The number of carbonyl (C=O) groups excluding carboxylic acids is 3. The Labute approximate surface area is 247 Å². The van der Waals surface area contributed by atoms with Crippen LogP contribution >= 0.6 is 0 Å². The Morgan fingerprint density at radius 1 is 1.09 bits per heavy atom. The van der Waals surface area contributed by atoms with Crippen LogP contribution < -0.4 is 27.8 Å². The van der Waals surface area contributed by atoms with Gasteiger partial charge in [-0.2, -0.15) is 0 Å². The van der Waals surface area contributed by atoms with Crippen molar-refractivity contribution in [3.05, 3.63) is 54.2 Å². The summed E-state index contributed by atoms with van der Waals surface area (Å²) in [6.07, 6.45) is 6.38. The van der Waals surface area contributed by atoms with Crippen molar-refractivity contribution in [2.45, 2.75) is 62.7 Å². The van der Waals surface area contributed by atoms with Crippen molar-refractivity contribution >= 4 is 40.6 Å². The Hall–Kier alpha value is -4.92. The summed E-state index contributed by atoms with van der Waals surface area (Å²) in [5, 5.41) is 16.0. The van der Waals surface area contributed by atoms with Crippen molar-refractivity contribution in [3.63, 3.8) is 0 Å². The summed E-state index contributed by atoms with van der Waals surface area (Å²) < 4.78 is 0. The number of nitrogens with two attached hydrogens (primary N) is 3. The molecule has 11 N–H and O–H groups in total. The minimum Gasteiger partial charge on any atom is -0.480 e. The lowest BCUT2D eigenvalue weighted by Crippen LogP contribution is -2.57. The van der Waals surface area contributed by atoms with Gasteiger partial charge in [0.1, 0.15) is 18.1 Å². The predicted octanol–water partition coefficient (Wildman–Crippen LogP) is -0.898. The summed E-state index contributed by atoms with van der Waals surface area (Å²) in [5.74, 6) is -2.91. The molecule has 1 fully saturated rings. The Bertz CT molecular complexity index is 1450. The molecule has 43 heavy (non-hydrogen) atoms. The van der Waals surface area contributed by atoms with Gasteiger partial charge in [-0.3, -0.25) is 19.4 Å². The summed E-state index contributed by atoms with van der Waals surface area (Å²) in [6.45, 7) is 0.473. The van der Waals surface area contributed by atoms with Gasteiger partial charge in [0.05, 0.1) is 12.4 Å². The molecule has 2 aromatic heterocycles. The average Bonchev–Trinajstić information content (AvgIpc) is 3.75. The first kappa shape index (κ1) is 31.0. The maximum Gasteiger partial charge on any atom is 0.326 e. The van der Waals surface area contributed by atoms with Gasteiger partial charge in [-0.25, -0.2) is 9.78 Å². The van der Waals surface area contributed by atoms with Gasteiger partial charge in [-0.1, -0.05) is 18.2 Å². The van der Waals surface area contributed by atoms with Crippen molar-refractivity contribution in [1.82, 2.24) is 30.5 Å². The number of carboxylic acid groups (broad SMARTS) is 1. The fourth-order valence-electron chi connectivity index (χ4n) is 5.26. The number of nitrogens with one attached hydrogen (secondary N) is 4.